The lowest BCUT2D eigenvalue weighted by Crippen LogP contribution is -2.35. The molecule has 0 aliphatic rings. The minimum Gasteiger partial charge on any atom is -0.395 e. The number of hydrogen-bond donors (Lipinski definition) is 2. The van der Waals surface area contributed by atoms with Crippen molar-refractivity contribution in [2.75, 3.05) is 18.2 Å². The lowest BCUT2D eigenvalue weighted by molar-refractivity contribution is 0.288. The van der Waals surface area contributed by atoms with E-state index < -0.39 is 0 Å². The van der Waals surface area contributed by atoms with Gasteiger partial charge in [0.25, 0.3) is 5.56 Å². The van der Waals surface area contributed by atoms with E-state index in [1.807, 2.05) is 27.0 Å². The molecule has 5 nitrogen and oxygen atoms in total. The van der Waals surface area contributed by atoms with Gasteiger partial charge in [-0.25, -0.2) is 4.98 Å². The largest absolute Gasteiger partial charge is 0.395 e. The number of thioether (sulfide) groups is 1. The van der Waals surface area contributed by atoms with Gasteiger partial charge in [0, 0.05) is 29.7 Å². The number of hydrogen-bond acceptors (Lipinski definition) is 5. The quantitative estimate of drug-likeness (QED) is 0.817. The van der Waals surface area contributed by atoms with E-state index in [4.69, 9.17) is 0 Å². The molecule has 102 valence electrons. The molecule has 0 spiro atoms. The molecule has 1 aromatic heterocycles. The summed E-state index contributed by atoms with van der Waals surface area (Å²) in [4.78, 5) is 16.2. The fraction of sp³-hybridized carbons (Fsp3) is 0.667. The average molecular weight is 271 g/mol. The minimum atomic E-state index is -0.128. The molecule has 0 bridgehead atoms. The monoisotopic (exact) mass is 271 g/mol. The Hall–Kier alpha value is -1.01. The predicted molar refractivity (Wildman–Crippen MR) is 76.4 cm³/mol. The number of aromatic nitrogens is 2. The Morgan fingerprint density at radius 2 is 2.17 bits per heavy atom. The van der Waals surface area contributed by atoms with Crippen LogP contribution in [0.4, 0.5) is 5.82 Å². The van der Waals surface area contributed by atoms with E-state index in [9.17, 15) is 9.90 Å². The number of aliphatic hydroxyl groups excluding tert-OH is 1. The summed E-state index contributed by atoms with van der Waals surface area (Å²) >= 11 is 1.56. The zero-order chi connectivity index (χ0) is 13.7. The van der Waals surface area contributed by atoms with Crippen molar-refractivity contribution in [2.45, 2.75) is 38.1 Å². The van der Waals surface area contributed by atoms with Crippen LogP contribution >= 0.6 is 11.8 Å². The standard InChI is InChI=1S/C12H21N3O2S/c1-8(2)15-6-5-13-11(12(15)17)14-9(3)10(7-16)18-4/h5-6,8-10,16H,7H2,1-4H3,(H,13,14). The third-order valence-corrected chi connectivity index (χ3v) is 3.99. The van der Waals surface area contributed by atoms with Crippen LogP contribution in [0, 0.1) is 0 Å². The number of aliphatic hydroxyl groups is 1. The lowest BCUT2D eigenvalue weighted by Gasteiger charge is -2.22. The van der Waals surface area contributed by atoms with E-state index >= 15 is 0 Å². The van der Waals surface area contributed by atoms with Crippen molar-refractivity contribution < 1.29 is 5.11 Å². The molecule has 0 aromatic carbocycles. The molecule has 2 unspecified atom stereocenters. The van der Waals surface area contributed by atoms with E-state index in [0.29, 0.717) is 5.82 Å². The summed E-state index contributed by atoms with van der Waals surface area (Å²) in [6.07, 6.45) is 5.23. The van der Waals surface area contributed by atoms with Crippen LogP contribution in [0.15, 0.2) is 17.2 Å². The second-order valence-electron chi connectivity index (χ2n) is 4.47. The highest BCUT2D eigenvalue weighted by atomic mass is 32.2. The zero-order valence-electron chi connectivity index (χ0n) is 11.3. The fourth-order valence-electron chi connectivity index (χ4n) is 1.68. The molecular weight excluding hydrogens is 250 g/mol. The maximum atomic E-state index is 12.1. The van der Waals surface area contributed by atoms with E-state index in [0.717, 1.165) is 0 Å². The van der Waals surface area contributed by atoms with E-state index in [-0.39, 0.29) is 29.5 Å². The molecule has 0 amide bonds. The van der Waals surface area contributed by atoms with Gasteiger partial charge in [-0.05, 0) is 27.0 Å². The van der Waals surface area contributed by atoms with Crippen LogP contribution in [0.5, 0.6) is 0 Å². The number of nitrogens with zero attached hydrogens (tertiary/aromatic N) is 2. The topological polar surface area (TPSA) is 67.2 Å². The van der Waals surface area contributed by atoms with Gasteiger partial charge >= 0.3 is 0 Å². The van der Waals surface area contributed by atoms with Crippen molar-refractivity contribution in [3.8, 4) is 0 Å². The molecule has 0 fully saturated rings. The van der Waals surface area contributed by atoms with Crippen LogP contribution in [0.25, 0.3) is 0 Å². The van der Waals surface area contributed by atoms with Gasteiger partial charge in [-0.1, -0.05) is 0 Å². The Kier molecular flexibility index (Phi) is 5.68. The van der Waals surface area contributed by atoms with Gasteiger partial charge < -0.3 is 15.0 Å². The fourth-order valence-corrected chi connectivity index (χ4v) is 2.30. The molecule has 2 N–H and O–H groups in total. The first-order chi connectivity index (χ1) is 8.51. The van der Waals surface area contributed by atoms with Gasteiger partial charge in [0.1, 0.15) is 0 Å². The highest BCUT2D eigenvalue weighted by Crippen LogP contribution is 2.13. The first-order valence-electron chi connectivity index (χ1n) is 5.98. The molecule has 0 saturated heterocycles. The third-order valence-electron chi connectivity index (χ3n) is 2.83. The zero-order valence-corrected chi connectivity index (χ0v) is 12.1. The molecular formula is C12H21N3O2S. The Labute approximate surface area is 112 Å². The summed E-state index contributed by atoms with van der Waals surface area (Å²) in [5.74, 6) is 0.339. The van der Waals surface area contributed by atoms with Crippen LogP contribution in [-0.2, 0) is 0 Å². The first kappa shape index (κ1) is 15.0. The highest BCUT2D eigenvalue weighted by molar-refractivity contribution is 7.99. The average Bonchev–Trinajstić information content (AvgIpc) is 2.33. The minimum absolute atomic E-state index is 0.0202. The maximum Gasteiger partial charge on any atom is 0.293 e. The second kappa shape index (κ2) is 6.80. The molecule has 0 radical (unpaired) electrons. The smallest absolute Gasteiger partial charge is 0.293 e. The van der Waals surface area contributed by atoms with Gasteiger partial charge in [-0.15, -0.1) is 0 Å². The van der Waals surface area contributed by atoms with Crippen molar-refractivity contribution >= 4 is 17.6 Å². The molecule has 1 aromatic rings. The Balaban J connectivity index is 2.92. The number of nitrogens with one attached hydrogen (secondary N) is 1. The van der Waals surface area contributed by atoms with Gasteiger partial charge in [0.2, 0.25) is 0 Å². The summed E-state index contributed by atoms with van der Waals surface area (Å²) in [6, 6.07) is 0.0822. The van der Waals surface area contributed by atoms with E-state index in [1.165, 1.54) is 0 Å². The third kappa shape index (κ3) is 3.49. The van der Waals surface area contributed by atoms with Crippen molar-refractivity contribution in [3.05, 3.63) is 22.7 Å². The summed E-state index contributed by atoms with van der Waals surface area (Å²) in [7, 11) is 0. The molecule has 18 heavy (non-hydrogen) atoms. The molecule has 0 saturated carbocycles. The Bertz CT molecular complexity index is 430. The molecule has 2 atom stereocenters. The first-order valence-corrected chi connectivity index (χ1v) is 7.27. The van der Waals surface area contributed by atoms with Gasteiger partial charge in [-0.2, -0.15) is 11.8 Å². The maximum absolute atomic E-state index is 12.1. The molecule has 1 heterocycles. The molecule has 0 aliphatic carbocycles. The summed E-state index contributed by atoms with van der Waals surface area (Å²) in [5, 5.41) is 12.3. The lowest BCUT2D eigenvalue weighted by atomic mass is 10.2. The van der Waals surface area contributed by atoms with Crippen molar-refractivity contribution in [2.24, 2.45) is 0 Å². The van der Waals surface area contributed by atoms with Crippen molar-refractivity contribution in [1.29, 1.82) is 0 Å². The Morgan fingerprint density at radius 3 is 2.67 bits per heavy atom. The SMILES string of the molecule is CSC(CO)C(C)Nc1nccn(C(C)C)c1=O. The van der Waals surface area contributed by atoms with Crippen LogP contribution < -0.4 is 10.9 Å². The van der Waals surface area contributed by atoms with Crippen LogP contribution in [0.2, 0.25) is 0 Å². The van der Waals surface area contributed by atoms with Crippen LogP contribution in [-0.4, -0.2) is 38.8 Å². The normalized spacial score (nSPS) is 14.6. The van der Waals surface area contributed by atoms with Gasteiger partial charge in [-0.3, -0.25) is 4.79 Å². The van der Waals surface area contributed by atoms with Crippen molar-refractivity contribution in [1.82, 2.24) is 9.55 Å². The van der Waals surface area contributed by atoms with E-state index in [1.54, 1.807) is 28.7 Å². The Morgan fingerprint density at radius 1 is 1.50 bits per heavy atom. The molecule has 1 rings (SSSR count). The van der Waals surface area contributed by atoms with Gasteiger partial charge in [0.15, 0.2) is 5.82 Å². The van der Waals surface area contributed by atoms with Crippen molar-refractivity contribution in [3.63, 3.8) is 0 Å². The highest BCUT2D eigenvalue weighted by Gasteiger charge is 2.17. The molecule has 0 aliphatic heterocycles. The number of rotatable bonds is 6. The molecule has 6 heteroatoms. The van der Waals surface area contributed by atoms with Crippen LogP contribution in [0.1, 0.15) is 26.8 Å². The summed E-state index contributed by atoms with van der Waals surface area (Å²) in [5.41, 5.74) is -0.128. The van der Waals surface area contributed by atoms with E-state index in [2.05, 4.69) is 10.3 Å². The van der Waals surface area contributed by atoms with Gasteiger partial charge in [0.05, 0.1) is 6.61 Å². The summed E-state index contributed by atoms with van der Waals surface area (Å²) in [6.45, 7) is 5.91. The number of anilines is 1. The van der Waals surface area contributed by atoms with Crippen LogP contribution in [0.3, 0.4) is 0 Å². The summed E-state index contributed by atoms with van der Waals surface area (Å²) < 4.78 is 1.63. The second-order valence-corrected chi connectivity index (χ2v) is 5.55. The predicted octanol–water partition coefficient (Wildman–Crippen LogP) is 1.35.